The molecule has 0 aromatic carbocycles. The van der Waals surface area contributed by atoms with Gasteiger partial charge in [0.25, 0.3) is 0 Å². The summed E-state index contributed by atoms with van der Waals surface area (Å²) in [5, 5.41) is 3.28. The van der Waals surface area contributed by atoms with Gasteiger partial charge >= 0.3 is 6.09 Å². The summed E-state index contributed by atoms with van der Waals surface area (Å²) in [5.41, 5.74) is 0. The summed E-state index contributed by atoms with van der Waals surface area (Å²) in [6.45, 7) is 6.57. The molecule has 1 N–H and O–H groups in total. The molecule has 0 aliphatic carbocycles. The number of rotatable bonds is 3. The van der Waals surface area contributed by atoms with Crippen molar-refractivity contribution in [3.63, 3.8) is 0 Å². The van der Waals surface area contributed by atoms with E-state index in [1.54, 1.807) is 11.8 Å². The lowest BCUT2D eigenvalue weighted by Gasteiger charge is -2.34. The number of halogens is 1. The molecule has 20 heavy (non-hydrogen) atoms. The molecule has 0 aromatic rings. The van der Waals surface area contributed by atoms with Crippen molar-refractivity contribution in [2.45, 2.75) is 19.8 Å². The topological polar surface area (TPSA) is 61.9 Å². The van der Waals surface area contributed by atoms with Crippen LogP contribution in [0.3, 0.4) is 0 Å². The normalized spacial score (nSPS) is 22.4. The minimum Gasteiger partial charge on any atom is -0.450 e. The largest absolute Gasteiger partial charge is 0.450 e. The van der Waals surface area contributed by atoms with Crippen LogP contribution in [0.15, 0.2) is 0 Å². The van der Waals surface area contributed by atoms with Gasteiger partial charge in [-0.3, -0.25) is 4.79 Å². The lowest BCUT2D eigenvalue weighted by Crippen LogP contribution is -2.51. The fourth-order valence-corrected chi connectivity index (χ4v) is 2.62. The molecule has 2 saturated heterocycles. The first kappa shape index (κ1) is 17.0. The molecule has 1 atom stereocenters. The Morgan fingerprint density at radius 2 is 1.85 bits per heavy atom. The van der Waals surface area contributed by atoms with E-state index in [0.29, 0.717) is 45.1 Å². The van der Waals surface area contributed by atoms with Gasteiger partial charge in [0.15, 0.2) is 0 Å². The molecule has 1 unspecified atom stereocenters. The quantitative estimate of drug-likeness (QED) is 0.834. The highest BCUT2D eigenvalue weighted by molar-refractivity contribution is 5.85. The predicted molar refractivity (Wildman–Crippen MR) is 78.0 cm³/mol. The highest BCUT2D eigenvalue weighted by Crippen LogP contribution is 2.15. The van der Waals surface area contributed by atoms with Crippen LogP contribution in [-0.4, -0.2) is 67.7 Å². The Bertz CT molecular complexity index is 327. The molecule has 2 aliphatic heterocycles. The monoisotopic (exact) mass is 305 g/mol. The second kappa shape index (κ2) is 8.32. The molecule has 116 valence electrons. The smallest absolute Gasteiger partial charge is 0.409 e. The molecule has 0 bridgehead atoms. The summed E-state index contributed by atoms with van der Waals surface area (Å²) < 4.78 is 4.96. The highest BCUT2D eigenvalue weighted by Gasteiger charge is 2.27. The molecule has 0 saturated carbocycles. The Labute approximate surface area is 126 Å². The predicted octanol–water partition coefficient (Wildman–Crippen LogP) is 0.708. The van der Waals surface area contributed by atoms with Crippen molar-refractivity contribution in [2.75, 3.05) is 45.9 Å². The maximum atomic E-state index is 12.1. The molecular formula is C13H24ClN3O3. The molecule has 7 heteroatoms. The minimum atomic E-state index is -0.269. The van der Waals surface area contributed by atoms with Crippen molar-refractivity contribution in [3.8, 4) is 0 Å². The van der Waals surface area contributed by atoms with Crippen molar-refractivity contribution < 1.29 is 14.3 Å². The zero-order chi connectivity index (χ0) is 13.7. The van der Waals surface area contributed by atoms with Gasteiger partial charge in [0.05, 0.1) is 6.61 Å². The second-order valence-electron chi connectivity index (χ2n) is 5.13. The summed E-state index contributed by atoms with van der Waals surface area (Å²) in [7, 11) is 0. The first-order chi connectivity index (χ1) is 9.20. The van der Waals surface area contributed by atoms with Crippen LogP contribution < -0.4 is 5.32 Å². The van der Waals surface area contributed by atoms with Gasteiger partial charge in [-0.1, -0.05) is 0 Å². The molecule has 6 nitrogen and oxygen atoms in total. The molecule has 0 spiro atoms. The zero-order valence-electron chi connectivity index (χ0n) is 12.0. The number of carbonyl (C=O) groups is 2. The molecular weight excluding hydrogens is 282 g/mol. The summed E-state index contributed by atoms with van der Waals surface area (Å²) in [6, 6.07) is 0. The third-order valence-electron chi connectivity index (χ3n) is 3.78. The fourth-order valence-electron chi connectivity index (χ4n) is 2.62. The van der Waals surface area contributed by atoms with E-state index >= 15 is 0 Å². The number of piperazine rings is 1. The van der Waals surface area contributed by atoms with E-state index in [9.17, 15) is 9.59 Å². The van der Waals surface area contributed by atoms with E-state index in [-0.39, 0.29) is 24.4 Å². The average Bonchev–Trinajstić information content (AvgIpc) is 2.92. The first-order valence-corrected chi connectivity index (χ1v) is 7.11. The zero-order valence-corrected chi connectivity index (χ0v) is 12.8. The number of nitrogens with one attached hydrogen (secondary N) is 1. The van der Waals surface area contributed by atoms with Crippen LogP contribution >= 0.6 is 12.4 Å². The summed E-state index contributed by atoms with van der Waals surface area (Å²) in [5.74, 6) is 0.702. The van der Waals surface area contributed by atoms with Gasteiger partial charge in [0.1, 0.15) is 0 Å². The SMILES string of the molecule is CCOC(=O)N1CCN(C(=O)CC2CCNC2)CC1.Cl. The van der Waals surface area contributed by atoms with Crippen LogP contribution in [-0.2, 0) is 9.53 Å². The van der Waals surface area contributed by atoms with E-state index in [1.807, 2.05) is 4.90 Å². The minimum absolute atomic E-state index is 0. The van der Waals surface area contributed by atoms with E-state index in [0.717, 1.165) is 19.5 Å². The van der Waals surface area contributed by atoms with E-state index in [4.69, 9.17) is 4.74 Å². The second-order valence-corrected chi connectivity index (χ2v) is 5.13. The van der Waals surface area contributed by atoms with Crippen LogP contribution in [0, 0.1) is 5.92 Å². The Kier molecular flexibility index (Phi) is 7.09. The summed E-state index contributed by atoms with van der Waals surface area (Å²) >= 11 is 0. The Balaban J connectivity index is 0.00000200. The van der Waals surface area contributed by atoms with Crippen LogP contribution in [0.4, 0.5) is 4.79 Å². The maximum Gasteiger partial charge on any atom is 0.409 e. The van der Waals surface area contributed by atoms with Crippen LogP contribution in [0.1, 0.15) is 19.8 Å². The maximum absolute atomic E-state index is 12.1. The highest BCUT2D eigenvalue weighted by atomic mass is 35.5. The Hall–Kier alpha value is -1.01. The van der Waals surface area contributed by atoms with Gasteiger partial charge in [-0.05, 0) is 32.4 Å². The number of hydrogen-bond donors (Lipinski definition) is 1. The van der Waals surface area contributed by atoms with E-state index in [1.165, 1.54) is 0 Å². The molecule has 2 fully saturated rings. The molecule has 2 heterocycles. The van der Waals surface area contributed by atoms with Gasteiger partial charge in [-0.15, -0.1) is 12.4 Å². The fraction of sp³-hybridized carbons (Fsp3) is 0.846. The van der Waals surface area contributed by atoms with Gasteiger partial charge in [-0.25, -0.2) is 4.79 Å². The molecule has 0 radical (unpaired) electrons. The van der Waals surface area contributed by atoms with Crippen LogP contribution in [0.2, 0.25) is 0 Å². The third-order valence-corrected chi connectivity index (χ3v) is 3.78. The van der Waals surface area contributed by atoms with Crippen LogP contribution in [0.25, 0.3) is 0 Å². The van der Waals surface area contributed by atoms with Crippen molar-refractivity contribution in [2.24, 2.45) is 5.92 Å². The molecule has 2 amide bonds. The average molecular weight is 306 g/mol. The van der Waals surface area contributed by atoms with Crippen molar-refractivity contribution in [3.05, 3.63) is 0 Å². The first-order valence-electron chi connectivity index (χ1n) is 7.11. The number of carbonyl (C=O) groups excluding carboxylic acids is 2. The lowest BCUT2D eigenvalue weighted by atomic mass is 10.0. The van der Waals surface area contributed by atoms with Gasteiger partial charge in [-0.2, -0.15) is 0 Å². The van der Waals surface area contributed by atoms with Gasteiger partial charge in [0.2, 0.25) is 5.91 Å². The molecule has 2 aliphatic rings. The summed E-state index contributed by atoms with van der Waals surface area (Å²) in [4.78, 5) is 27.2. The van der Waals surface area contributed by atoms with Gasteiger partial charge in [0, 0.05) is 32.6 Å². The third kappa shape index (κ3) is 4.52. The number of nitrogens with zero attached hydrogens (tertiary/aromatic N) is 2. The number of hydrogen-bond acceptors (Lipinski definition) is 4. The lowest BCUT2D eigenvalue weighted by molar-refractivity contribution is -0.133. The standard InChI is InChI=1S/C13H23N3O3.ClH/c1-2-19-13(18)16-7-5-15(6-8-16)12(17)9-11-3-4-14-10-11;/h11,14H,2-10H2,1H3;1H. The van der Waals surface area contributed by atoms with Crippen molar-refractivity contribution in [1.29, 1.82) is 0 Å². The van der Waals surface area contributed by atoms with E-state index in [2.05, 4.69) is 5.32 Å². The Morgan fingerprint density at radius 3 is 2.40 bits per heavy atom. The Morgan fingerprint density at radius 1 is 1.20 bits per heavy atom. The van der Waals surface area contributed by atoms with Crippen molar-refractivity contribution in [1.82, 2.24) is 15.1 Å². The van der Waals surface area contributed by atoms with Crippen molar-refractivity contribution >= 4 is 24.4 Å². The van der Waals surface area contributed by atoms with Crippen LogP contribution in [0.5, 0.6) is 0 Å². The van der Waals surface area contributed by atoms with Gasteiger partial charge < -0.3 is 19.9 Å². The summed E-state index contributed by atoms with van der Waals surface area (Å²) in [6.07, 6.45) is 1.45. The number of amides is 2. The molecule has 2 rings (SSSR count). The number of ether oxygens (including phenoxy) is 1. The molecule has 0 aromatic heterocycles. The van der Waals surface area contributed by atoms with E-state index < -0.39 is 0 Å².